The third-order valence-corrected chi connectivity index (χ3v) is 3.45. The normalized spacial score (nSPS) is 10.4. The van der Waals surface area contributed by atoms with Crippen LogP contribution in [0, 0.1) is 10.1 Å². The van der Waals surface area contributed by atoms with Crippen LogP contribution in [0.5, 0.6) is 11.5 Å². The zero-order valence-corrected chi connectivity index (χ0v) is 12.9. The van der Waals surface area contributed by atoms with E-state index in [9.17, 15) is 10.1 Å². The molecular weight excluding hydrogens is 310 g/mol. The molecule has 3 aromatic rings. The molecule has 1 heterocycles. The highest BCUT2D eigenvalue weighted by molar-refractivity contribution is 5.69. The molecular formula is C17H15N3O4. The summed E-state index contributed by atoms with van der Waals surface area (Å²) in [6, 6.07) is 12.5. The molecule has 1 aromatic heterocycles. The predicted molar refractivity (Wildman–Crippen MR) is 88.0 cm³/mol. The fourth-order valence-electron chi connectivity index (χ4n) is 2.31. The fourth-order valence-corrected chi connectivity index (χ4v) is 2.31. The number of benzene rings is 2. The average Bonchev–Trinajstić information content (AvgIpc) is 3.14. The van der Waals surface area contributed by atoms with E-state index >= 15 is 0 Å². The van der Waals surface area contributed by atoms with E-state index in [1.165, 1.54) is 13.2 Å². The fraction of sp³-hybridized carbons (Fsp3) is 0.118. The van der Waals surface area contributed by atoms with Gasteiger partial charge in [0, 0.05) is 24.0 Å². The molecule has 7 heteroatoms. The first kappa shape index (κ1) is 15.5. The van der Waals surface area contributed by atoms with Crippen molar-refractivity contribution in [3.05, 3.63) is 70.5 Å². The van der Waals surface area contributed by atoms with E-state index in [-0.39, 0.29) is 23.8 Å². The Morgan fingerprint density at radius 3 is 2.67 bits per heavy atom. The van der Waals surface area contributed by atoms with Crippen molar-refractivity contribution in [2.45, 2.75) is 6.61 Å². The van der Waals surface area contributed by atoms with Gasteiger partial charge in [-0.05, 0) is 11.6 Å². The van der Waals surface area contributed by atoms with Crippen LogP contribution < -0.4 is 9.47 Å². The molecule has 0 fully saturated rings. The topological polar surface area (TPSA) is 90.3 Å². The van der Waals surface area contributed by atoms with Crippen molar-refractivity contribution < 1.29 is 14.4 Å². The summed E-state index contributed by atoms with van der Waals surface area (Å²) in [4.78, 5) is 18.0. The van der Waals surface area contributed by atoms with Crippen LogP contribution in [0.25, 0.3) is 11.4 Å². The van der Waals surface area contributed by atoms with Gasteiger partial charge in [0.05, 0.1) is 12.0 Å². The van der Waals surface area contributed by atoms with Gasteiger partial charge in [-0.2, -0.15) is 0 Å². The van der Waals surface area contributed by atoms with Crippen LogP contribution in [0.2, 0.25) is 0 Å². The van der Waals surface area contributed by atoms with E-state index < -0.39 is 4.92 Å². The lowest BCUT2D eigenvalue weighted by Gasteiger charge is -2.12. The number of rotatable bonds is 6. The highest BCUT2D eigenvalue weighted by Crippen LogP contribution is 2.40. The molecule has 24 heavy (non-hydrogen) atoms. The molecule has 0 saturated heterocycles. The average molecular weight is 325 g/mol. The van der Waals surface area contributed by atoms with Gasteiger partial charge in [-0.1, -0.05) is 30.3 Å². The van der Waals surface area contributed by atoms with Crippen molar-refractivity contribution in [3.8, 4) is 22.9 Å². The van der Waals surface area contributed by atoms with E-state index in [1.807, 2.05) is 30.3 Å². The number of nitro groups is 1. The minimum Gasteiger partial charge on any atom is -0.493 e. The number of H-pyrrole nitrogens is 1. The number of nitrogens with one attached hydrogen (secondary N) is 1. The standard InChI is InChI=1S/C17H15N3O4/c1-23-15-10-13(17-18-7-8-19-17)9-14(20(21)22)16(15)24-11-12-5-3-2-4-6-12/h2-10H,11H2,1H3,(H,18,19). The molecule has 0 saturated carbocycles. The molecule has 122 valence electrons. The number of aromatic amines is 1. The largest absolute Gasteiger partial charge is 0.493 e. The minimum atomic E-state index is -0.491. The lowest BCUT2D eigenvalue weighted by atomic mass is 10.1. The molecule has 0 aliphatic carbocycles. The summed E-state index contributed by atoms with van der Waals surface area (Å²) in [5.74, 6) is 0.902. The van der Waals surface area contributed by atoms with Crippen molar-refractivity contribution in [1.82, 2.24) is 9.97 Å². The third-order valence-electron chi connectivity index (χ3n) is 3.45. The highest BCUT2D eigenvalue weighted by atomic mass is 16.6. The lowest BCUT2D eigenvalue weighted by molar-refractivity contribution is -0.386. The number of hydrogen-bond acceptors (Lipinski definition) is 5. The first-order valence-corrected chi connectivity index (χ1v) is 7.22. The Balaban J connectivity index is 1.99. The Morgan fingerprint density at radius 1 is 1.25 bits per heavy atom. The summed E-state index contributed by atoms with van der Waals surface area (Å²) in [5, 5.41) is 11.5. The quantitative estimate of drug-likeness (QED) is 0.552. The van der Waals surface area contributed by atoms with Gasteiger partial charge in [-0.15, -0.1) is 0 Å². The van der Waals surface area contributed by atoms with Crippen molar-refractivity contribution in [3.63, 3.8) is 0 Å². The minimum absolute atomic E-state index is 0.0988. The van der Waals surface area contributed by atoms with E-state index in [0.29, 0.717) is 11.4 Å². The second-order valence-corrected chi connectivity index (χ2v) is 5.00. The molecule has 0 aliphatic rings. The number of aromatic nitrogens is 2. The van der Waals surface area contributed by atoms with Crippen LogP contribution in [0.4, 0.5) is 5.69 Å². The number of methoxy groups -OCH3 is 1. The second kappa shape index (κ2) is 6.82. The molecule has 2 aromatic carbocycles. The molecule has 1 N–H and O–H groups in total. The van der Waals surface area contributed by atoms with E-state index in [0.717, 1.165) is 5.56 Å². The smallest absolute Gasteiger partial charge is 0.315 e. The summed E-state index contributed by atoms with van der Waals surface area (Å²) in [6.45, 7) is 0.206. The molecule has 0 unspecified atom stereocenters. The Kier molecular flexibility index (Phi) is 4.42. The number of imidazole rings is 1. The second-order valence-electron chi connectivity index (χ2n) is 5.00. The zero-order valence-electron chi connectivity index (χ0n) is 12.9. The Labute approximate surface area is 138 Å². The summed E-state index contributed by atoms with van der Waals surface area (Å²) in [7, 11) is 1.44. The van der Waals surface area contributed by atoms with Gasteiger partial charge < -0.3 is 14.5 Å². The van der Waals surface area contributed by atoms with Gasteiger partial charge in [-0.25, -0.2) is 4.98 Å². The van der Waals surface area contributed by atoms with Crippen LogP contribution >= 0.6 is 0 Å². The number of nitro benzene ring substituents is 1. The van der Waals surface area contributed by atoms with Crippen LogP contribution in [0.3, 0.4) is 0 Å². The lowest BCUT2D eigenvalue weighted by Crippen LogP contribution is -2.02. The maximum Gasteiger partial charge on any atom is 0.315 e. The maximum absolute atomic E-state index is 11.5. The first-order chi connectivity index (χ1) is 11.7. The van der Waals surface area contributed by atoms with Gasteiger partial charge in [-0.3, -0.25) is 10.1 Å². The van der Waals surface area contributed by atoms with Crippen molar-refractivity contribution >= 4 is 5.69 Å². The molecule has 0 radical (unpaired) electrons. The van der Waals surface area contributed by atoms with Crippen LogP contribution in [-0.2, 0) is 6.61 Å². The molecule has 0 amide bonds. The summed E-state index contributed by atoms with van der Waals surface area (Å²) < 4.78 is 11.0. The maximum atomic E-state index is 11.5. The molecule has 0 atom stereocenters. The molecule has 7 nitrogen and oxygen atoms in total. The predicted octanol–water partition coefficient (Wildman–Crippen LogP) is 3.57. The van der Waals surface area contributed by atoms with Gasteiger partial charge in [0.25, 0.3) is 0 Å². The molecule has 3 rings (SSSR count). The highest BCUT2D eigenvalue weighted by Gasteiger charge is 2.23. The van der Waals surface area contributed by atoms with Crippen LogP contribution in [0.15, 0.2) is 54.9 Å². The molecule has 0 spiro atoms. The van der Waals surface area contributed by atoms with Gasteiger partial charge >= 0.3 is 5.69 Å². The first-order valence-electron chi connectivity index (χ1n) is 7.22. The van der Waals surface area contributed by atoms with Crippen molar-refractivity contribution in [2.75, 3.05) is 7.11 Å². The summed E-state index contributed by atoms with van der Waals surface area (Å²) >= 11 is 0. The van der Waals surface area contributed by atoms with Gasteiger partial charge in [0.2, 0.25) is 5.75 Å². The summed E-state index contributed by atoms with van der Waals surface area (Å²) in [6.07, 6.45) is 3.22. The monoisotopic (exact) mass is 325 g/mol. The van der Waals surface area contributed by atoms with Crippen LogP contribution in [-0.4, -0.2) is 22.0 Å². The van der Waals surface area contributed by atoms with E-state index in [1.54, 1.807) is 18.5 Å². The number of hydrogen-bond donors (Lipinski definition) is 1. The summed E-state index contributed by atoms with van der Waals surface area (Å²) in [5.41, 5.74) is 1.29. The van der Waals surface area contributed by atoms with Crippen LogP contribution in [0.1, 0.15) is 5.56 Å². The van der Waals surface area contributed by atoms with Gasteiger partial charge in [0.15, 0.2) is 5.75 Å². The number of ether oxygens (including phenoxy) is 2. The van der Waals surface area contributed by atoms with Crippen molar-refractivity contribution in [1.29, 1.82) is 0 Å². The SMILES string of the molecule is COc1cc(-c2ncc[nH]2)cc([N+](=O)[O-])c1OCc1ccccc1. The van der Waals surface area contributed by atoms with E-state index in [4.69, 9.17) is 9.47 Å². The molecule has 0 aliphatic heterocycles. The van der Waals surface area contributed by atoms with Crippen molar-refractivity contribution in [2.24, 2.45) is 0 Å². The number of nitrogens with zero attached hydrogens (tertiary/aromatic N) is 2. The van der Waals surface area contributed by atoms with Gasteiger partial charge in [0.1, 0.15) is 12.4 Å². The zero-order chi connectivity index (χ0) is 16.9. The molecule has 0 bridgehead atoms. The third kappa shape index (κ3) is 3.19. The van der Waals surface area contributed by atoms with E-state index in [2.05, 4.69) is 9.97 Å². The Bertz CT molecular complexity index is 833. The Hall–Kier alpha value is -3.35. The Morgan fingerprint density at radius 2 is 2.04 bits per heavy atom.